The van der Waals surface area contributed by atoms with Gasteiger partial charge in [-0.15, -0.1) is 0 Å². The standard InChI is InChI=1S/C63H52N4/c1-60(2)51-26-15-12-21-43(51)48-34-37(28-33-53(48)60)57-64-58(47-23-17-22-46-42-20-11-16-27-52(42)63(7,8)56(46)47)66-59(65-57)67(38-29-31-44-40-18-9-13-24-49(40)61(3,4)54(44)35-38)39-30-32-45-41-19-10-14-25-50(41)62(5,6)55(45)36-39/h9-36H,1-8H3. The first-order valence-corrected chi connectivity index (χ1v) is 23.8. The second kappa shape index (κ2) is 13.6. The highest BCUT2D eigenvalue weighted by atomic mass is 15.3. The van der Waals surface area contributed by atoms with Crippen LogP contribution < -0.4 is 4.90 Å². The van der Waals surface area contributed by atoms with Gasteiger partial charge in [-0.1, -0.05) is 195 Å². The molecule has 0 aliphatic heterocycles. The molecule has 0 atom stereocenters. The average molecular weight is 865 g/mol. The zero-order chi connectivity index (χ0) is 45.8. The molecule has 0 N–H and O–H groups in total. The molecule has 4 aliphatic rings. The third-order valence-corrected chi connectivity index (χ3v) is 16.1. The van der Waals surface area contributed by atoms with E-state index in [1.165, 1.54) is 89.0 Å². The van der Waals surface area contributed by atoms with Gasteiger partial charge in [0.2, 0.25) is 5.95 Å². The summed E-state index contributed by atoms with van der Waals surface area (Å²) in [5, 5.41) is 0. The Balaban J connectivity index is 1.08. The van der Waals surface area contributed by atoms with Crippen molar-refractivity contribution in [1.29, 1.82) is 0 Å². The number of nitrogens with zero attached hydrogens (tertiary/aromatic N) is 4. The van der Waals surface area contributed by atoms with Crippen molar-refractivity contribution in [3.8, 4) is 67.3 Å². The Kier molecular flexibility index (Phi) is 8.08. The van der Waals surface area contributed by atoms with Crippen molar-refractivity contribution in [3.63, 3.8) is 0 Å². The fourth-order valence-corrected chi connectivity index (χ4v) is 12.7. The molecule has 4 aliphatic carbocycles. The van der Waals surface area contributed by atoms with Crippen molar-refractivity contribution >= 4 is 17.3 Å². The summed E-state index contributed by atoms with van der Waals surface area (Å²) in [5.74, 6) is 1.88. The van der Waals surface area contributed by atoms with Gasteiger partial charge < -0.3 is 0 Å². The molecule has 0 radical (unpaired) electrons. The van der Waals surface area contributed by atoms with Gasteiger partial charge in [0.1, 0.15) is 0 Å². The van der Waals surface area contributed by atoms with E-state index < -0.39 is 0 Å². The van der Waals surface area contributed by atoms with Crippen molar-refractivity contribution in [2.75, 3.05) is 4.90 Å². The second-order valence-electron chi connectivity index (χ2n) is 21.2. The van der Waals surface area contributed by atoms with Crippen LogP contribution in [0.2, 0.25) is 0 Å². The smallest absolute Gasteiger partial charge is 0.238 e. The van der Waals surface area contributed by atoms with E-state index in [1.54, 1.807) is 0 Å². The highest BCUT2D eigenvalue weighted by Crippen LogP contribution is 2.55. The molecule has 0 unspecified atom stereocenters. The van der Waals surface area contributed by atoms with Crippen LogP contribution in [-0.2, 0) is 21.7 Å². The normalized spacial score (nSPS) is 16.2. The van der Waals surface area contributed by atoms with Gasteiger partial charge in [-0.05, 0) is 119 Å². The Labute approximate surface area is 394 Å². The van der Waals surface area contributed by atoms with Crippen molar-refractivity contribution in [1.82, 2.24) is 15.0 Å². The fourth-order valence-electron chi connectivity index (χ4n) is 12.7. The first-order chi connectivity index (χ1) is 32.2. The van der Waals surface area contributed by atoms with E-state index >= 15 is 0 Å². The van der Waals surface area contributed by atoms with E-state index in [-0.39, 0.29) is 21.7 Å². The molecule has 0 saturated carbocycles. The molecular formula is C63H52N4. The van der Waals surface area contributed by atoms with E-state index in [9.17, 15) is 0 Å². The van der Waals surface area contributed by atoms with Crippen LogP contribution in [0.5, 0.6) is 0 Å². The van der Waals surface area contributed by atoms with Gasteiger partial charge in [0.25, 0.3) is 0 Å². The SMILES string of the molecule is CC1(C)c2ccccc2-c2cc(-c3nc(-c4cccc5c4C(C)(C)c4ccccc4-5)nc(N(c4ccc5c(c4)C(C)(C)c4ccccc4-5)c4ccc5c(c4)C(C)(C)c4ccccc4-5)n3)ccc21. The van der Waals surface area contributed by atoms with E-state index in [1.807, 2.05) is 0 Å². The van der Waals surface area contributed by atoms with Crippen LogP contribution in [0.3, 0.4) is 0 Å². The minimum absolute atomic E-state index is 0.121. The van der Waals surface area contributed by atoms with E-state index in [2.05, 4.69) is 230 Å². The molecule has 0 fully saturated rings. The molecule has 9 aromatic rings. The highest BCUT2D eigenvalue weighted by Gasteiger charge is 2.41. The number of benzene rings is 8. The maximum Gasteiger partial charge on any atom is 0.238 e. The van der Waals surface area contributed by atoms with Crippen LogP contribution in [0.25, 0.3) is 67.3 Å². The molecule has 324 valence electrons. The van der Waals surface area contributed by atoms with Gasteiger partial charge in [0.05, 0.1) is 0 Å². The van der Waals surface area contributed by atoms with Crippen molar-refractivity contribution < 1.29 is 0 Å². The van der Waals surface area contributed by atoms with Crippen molar-refractivity contribution in [2.45, 2.75) is 77.0 Å². The summed E-state index contributed by atoms with van der Waals surface area (Å²) in [5.41, 5.74) is 23.8. The molecule has 13 rings (SSSR count). The molecule has 0 spiro atoms. The van der Waals surface area contributed by atoms with Crippen molar-refractivity contribution in [2.24, 2.45) is 0 Å². The minimum atomic E-state index is -0.279. The molecular weight excluding hydrogens is 813 g/mol. The Morgan fingerprint density at radius 1 is 0.299 bits per heavy atom. The quantitative estimate of drug-likeness (QED) is 0.173. The van der Waals surface area contributed by atoms with E-state index in [0.717, 1.165) is 22.5 Å². The van der Waals surface area contributed by atoms with Crippen LogP contribution in [0, 0.1) is 0 Å². The molecule has 0 amide bonds. The second-order valence-corrected chi connectivity index (χ2v) is 21.2. The Morgan fingerprint density at radius 2 is 0.701 bits per heavy atom. The summed E-state index contributed by atoms with van der Waals surface area (Å²) in [6.45, 7) is 18.7. The average Bonchev–Trinajstić information content (AvgIpc) is 3.92. The first-order valence-electron chi connectivity index (χ1n) is 23.8. The van der Waals surface area contributed by atoms with Gasteiger partial charge in [0.15, 0.2) is 11.6 Å². The summed E-state index contributed by atoms with van der Waals surface area (Å²) in [4.78, 5) is 19.1. The third kappa shape index (κ3) is 5.44. The van der Waals surface area contributed by atoms with Crippen LogP contribution in [0.1, 0.15) is 99.9 Å². The predicted octanol–water partition coefficient (Wildman–Crippen LogP) is 15.9. The van der Waals surface area contributed by atoms with Gasteiger partial charge in [-0.2, -0.15) is 9.97 Å². The Hall–Kier alpha value is -7.43. The van der Waals surface area contributed by atoms with E-state index in [0.29, 0.717) is 17.6 Å². The molecule has 0 bridgehead atoms. The van der Waals surface area contributed by atoms with Gasteiger partial charge in [-0.3, -0.25) is 4.90 Å². The predicted molar refractivity (Wildman–Crippen MR) is 276 cm³/mol. The lowest BCUT2D eigenvalue weighted by atomic mass is 9.80. The molecule has 67 heavy (non-hydrogen) atoms. The first kappa shape index (κ1) is 39.9. The maximum absolute atomic E-state index is 5.66. The zero-order valence-electron chi connectivity index (χ0n) is 39.5. The topological polar surface area (TPSA) is 41.9 Å². The Bertz CT molecular complexity index is 3500. The lowest BCUT2D eigenvalue weighted by Gasteiger charge is -2.29. The van der Waals surface area contributed by atoms with Crippen molar-refractivity contribution in [3.05, 3.63) is 214 Å². The lowest BCUT2D eigenvalue weighted by Crippen LogP contribution is -2.20. The summed E-state index contributed by atoms with van der Waals surface area (Å²) < 4.78 is 0. The number of hydrogen-bond donors (Lipinski definition) is 0. The molecule has 4 heteroatoms. The minimum Gasteiger partial charge on any atom is -0.279 e. The molecule has 0 saturated heterocycles. The van der Waals surface area contributed by atoms with Crippen LogP contribution in [-0.4, -0.2) is 15.0 Å². The maximum atomic E-state index is 5.66. The molecule has 1 aromatic heterocycles. The van der Waals surface area contributed by atoms with Gasteiger partial charge >= 0.3 is 0 Å². The fraction of sp³-hybridized carbons (Fsp3) is 0.190. The highest BCUT2D eigenvalue weighted by molar-refractivity contribution is 5.91. The number of hydrogen-bond acceptors (Lipinski definition) is 4. The largest absolute Gasteiger partial charge is 0.279 e. The summed E-state index contributed by atoms with van der Waals surface area (Å²) in [6, 6.07) is 62.8. The summed E-state index contributed by atoms with van der Waals surface area (Å²) >= 11 is 0. The summed E-state index contributed by atoms with van der Waals surface area (Å²) in [6.07, 6.45) is 0. The summed E-state index contributed by atoms with van der Waals surface area (Å²) in [7, 11) is 0. The number of fused-ring (bicyclic) bond motifs is 12. The number of rotatable bonds is 5. The lowest BCUT2D eigenvalue weighted by molar-refractivity contribution is 0.660. The third-order valence-electron chi connectivity index (χ3n) is 16.1. The number of anilines is 3. The van der Waals surface area contributed by atoms with Gasteiger partial charge in [-0.25, -0.2) is 4.98 Å². The van der Waals surface area contributed by atoms with Crippen LogP contribution in [0.4, 0.5) is 17.3 Å². The monoisotopic (exact) mass is 864 g/mol. The van der Waals surface area contributed by atoms with Crippen LogP contribution >= 0.6 is 0 Å². The van der Waals surface area contributed by atoms with Crippen LogP contribution in [0.15, 0.2) is 170 Å². The zero-order valence-corrected chi connectivity index (χ0v) is 39.5. The number of aromatic nitrogens is 3. The van der Waals surface area contributed by atoms with E-state index in [4.69, 9.17) is 15.0 Å². The molecule has 1 heterocycles. The Morgan fingerprint density at radius 3 is 1.25 bits per heavy atom. The van der Waals surface area contributed by atoms with Gasteiger partial charge in [0, 0.05) is 44.2 Å². The molecule has 4 nitrogen and oxygen atoms in total. The molecule has 8 aromatic carbocycles.